The monoisotopic (exact) mass is 705 g/mol. The highest BCUT2D eigenvalue weighted by atomic mass is 19.2. The molecule has 2 atom stereocenters. The van der Waals surface area contributed by atoms with Gasteiger partial charge in [-0.3, -0.25) is 4.90 Å². The van der Waals surface area contributed by atoms with Gasteiger partial charge in [0, 0.05) is 30.1 Å². The number of unbranched alkanes of at least 4 members (excludes halogenated alkanes) is 3. The number of aromatic hydroxyl groups is 1. The SMILES string of the molecule is CC.CCCCCCN1COc2nc(-c3cc(O)cc4ccc(F)c(OC(O)(O)F)c34)c(F)c3nc(OC)nc1c23.FC1CC2CCCN2C1. The summed E-state index contributed by atoms with van der Waals surface area (Å²) >= 11 is 0. The zero-order valence-corrected chi connectivity index (χ0v) is 28.6. The fourth-order valence-electron chi connectivity index (χ4n) is 6.64. The Morgan fingerprint density at radius 1 is 1.06 bits per heavy atom. The summed E-state index contributed by atoms with van der Waals surface area (Å²) in [6.07, 6.45) is 2.53. The Balaban J connectivity index is 0.000000376. The van der Waals surface area contributed by atoms with Gasteiger partial charge in [-0.1, -0.05) is 46.1 Å². The number of phenols is 1. The first-order valence-electron chi connectivity index (χ1n) is 17.0. The maximum Gasteiger partial charge on any atom is 0.492 e. The van der Waals surface area contributed by atoms with Crippen LogP contribution in [-0.4, -0.2) is 87.1 Å². The van der Waals surface area contributed by atoms with Crippen molar-refractivity contribution in [2.24, 2.45) is 0 Å². The number of nitrogens with zero attached hydrogens (tertiary/aromatic N) is 5. The smallest absolute Gasteiger partial charge is 0.492 e. The van der Waals surface area contributed by atoms with E-state index < -0.39 is 35.5 Å². The van der Waals surface area contributed by atoms with Gasteiger partial charge in [-0.15, -0.1) is 4.39 Å². The number of fused-ring (bicyclic) bond motifs is 2. The van der Waals surface area contributed by atoms with E-state index in [4.69, 9.17) is 19.7 Å². The third-order valence-corrected chi connectivity index (χ3v) is 8.79. The molecular weight excluding hydrogens is 662 g/mol. The first-order valence-corrected chi connectivity index (χ1v) is 17.0. The Labute approximate surface area is 287 Å². The number of pyridine rings is 1. The zero-order chi connectivity index (χ0) is 36.2. The van der Waals surface area contributed by atoms with E-state index in [9.17, 15) is 18.3 Å². The van der Waals surface area contributed by atoms with Crippen LogP contribution in [0.3, 0.4) is 0 Å². The van der Waals surface area contributed by atoms with E-state index >= 15 is 4.39 Å². The summed E-state index contributed by atoms with van der Waals surface area (Å²) in [6, 6.07) is 4.81. The number of hydrogen-bond donors (Lipinski definition) is 3. The number of rotatable bonds is 9. The molecule has 4 aromatic rings. The Hall–Kier alpha value is -4.21. The fourth-order valence-corrected chi connectivity index (χ4v) is 6.64. The molecule has 272 valence electrons. The van der Waals surface area contributed by atoms with Gasteiger partial charge >= 0.3 is 12.2 Å². The van der Waals surface area contributed by atoms with Gasteiger partial charge in [0.2, 0.25) is 5.88 Å². The second kappa shape index (κ2) is 15.8. The van der Waals surface area contributed by atoms with Gasteiger partial charge in [0.25, 0.3) is 0 Å². The highest BCUT2D eigenvalue weighted by molar-refractivity contribution is 6.04. The highest BCUT2D eigenvalue weighted by Crippen LogP contribution is 2.45. The molecule has 0 radical (unpaired) electrons. The molecule has 0 aliphatic carbocycles. The molecule has 50 heavy (non-hydrogen) atoms. The summed E-state index contributed by atoms with van der Waals surface area (Å²) in [6.45, 7) is 8.60. The van der Waals surface area contributed by atoms with Crippen LogP contribution in [0, 0.1) is 11.6 Å². The predicted octanol–water partition coefficient (Wildman–Crippen LogP) is 6.74. The van der Waals surface area contributed by atoms with E-state index in [1.165, 1.54) is 32.1 Å². The van der Waals surface area contributed by atoms with Crippen LogP contribution < -0.4 is 19.1 Å². The Kier molecular flexibility index (Phi) is 11.7. The standard InChI is InChI=1S/C26H25F3N4O6.C7H12FN.C2H6/c1-3-4-5-6-9-33-12-38-24-18-21(31-25(37-2)32-23(18)33)19(28)20(30-24)15-11-14(34)10-13-7-8-16(27)22(17(13)15)39-26(29,35)36;8-6-4-7-2-1-3-9(7)5-6;1-2/h7-8,10-11,34-36H,3-6,9,12H2,1-2H3;6-7H,1-5H2;1-2H3. The van der Waals surface area contributed by atoms with Gasteiger partial charge in [-0.25, -0.2) is 18.2 Å². The highest BCUT2D eigenvalue weighted by Gasteiger charge is 2.35. The average Bonchev–Trinajstić information content (AvgIpc) is 3.67. The van der Waals surface area contributed by atoms with Gasteiger partial charge in [-0.05, 0) is 55.8 Å². The molecule has 2 aromatic carbocycles. The Morgan fingerprint density at radius 2 is 1.84 bits per heavy atom. The number of hydrogen-bond acceptors (Lipinski definition) is 11. The number of phenolic OH excluding ortho intramolecular Hbond substituents is 1. The minimum Gasteiger partial charge on any atom is -0.508 e. The van der Waals surface area contributed by atoms with E-state index in [-0.39, 0.29) is 51.6 Å². The van der Waals surface area contributed by atoms with Crippen LogP contribution in [0.4, 0.5) is 23.4 Å². The third-order valence-electron chi connectivity index (χ3n) is 8.79. The molecule has 2 saturated heterocycles. The van der Waals surface area contributed by atoms with Crippen molar-refractivity contribution in [1.82, 2.24) is 19.9 Å². The number of anilines is 1. The Morgan fingerprint density at radius 3 is 2.54 bits per heavy atom. The van der Waals surface area contributed by atoms with Gasteiger partial charge < -0.3 is 34.4 Å². The van der Waals surface area contributed by atoms with Gasteiger partial charge in [0.15, 0.2) is 29.9 Å². The molecule has 2 unspecified atom stereocenters. The van der Waals surface area contributed by atoms with Crippen LogP contribution >= 0.6 is 0 Å². The average molecular weight is 706 g/mol. The van der Waals surface area contributed by atoms with Crippen LogP contribution in [0.1, 0.15) is 65.7 Å². The topological polar surface area (TPSA) is 134 Å². The quantitative estimate of drug-likeness (QED) is 0.0972. The number of aromatic nitrogens is 3. The molecule has 2 fully saturated rings. The van der Waals surface area contributed by atoms with Gasteiger partial charge in [0.1, 0.15) is 28.5 Å². The lowest BCUT2D eigenvalue weighted by Crippen LogP contribution is -2.33. The second-order valence-electron chi connectivity index (χ2n) is 12.2. The van der Waals surface area contributed by atoms with E-state index in [2.05, 4.69) is 31.5 Å². The van der Waals surface area contributed by atoms with Crippen LogP contribution in [0.2, 0.25) is 0 Å². The van der Waals surface area contributed by atoms with Crippen molar-refractivity contribution in [2.75, 3.05) is 38.4 Å². The maximum absolute atomic E-state index is 16.2. The third kappa shape index (κ3) is 7.89. The summed E-state index contributed by atoms with van der Waals surface area (Å²) in [7, 11) is 1.34. The normalized spacial score (nSPS) is 18.2. The summed E-state index contributed by atoms with van der Waals surface area (Å²) in [5.74, 6) is -3.12. The van der Waals surface area contributed by atoms with Gasteiger partial charge in [-0.2, -0.15) is 9.97 Å². The lowest BCUT2D eigenvalue weighted by Gasteiger charge is -2.30. The first-order chi connectivity index (χ1) is 24.0. The number of halogens is 4. The van der Waals surface area contributed by atoms with Crippen molar-refractivity contribution in [3.05, 3.63) is 35.9 Å². The number of methoxy groups -OCH3 is 1. The van der Waals surface area contributed by atoms with Crippen molar-refractivity contribution in [2.45, 2.75) is 84.2 Å². The molecule has 0 saturated carbocycles. The summed E-state index contributed by atoms with van der Waals surface area (Å²) in [5.41, 5.74) is -0.906. The molecule has 5 heterocycles. The van der Waals surface area contributed by atoms with Crippen LogP contribution in [0.25, 0.3) is 32.9 Å². The maximum atomic E-state index is 16.2. The molecule has 11 nitrogen and oxygen atoms in total. The van der Waals surface area contributed by atoms with Crippen molar-refractivity contribution in [3.8, 4) is 34.6 Å². The van der Waals surface area contributed by atoms with Crippen LogP contribution in [0.5, 0.6) is 23.4 Å². The second-order valence-corrected chi connectivity index (χ2v) is 12.2. The molecule has 3 aliphatic rings. The molecule has 3 N–H and O–H groups in total. The molecule has 0 bridgehead atoms. The lowest BCUT2D eigenvalue weighted by molar-refractivity contribution is -0.375. The molecule has 0 spiro atoms. The Bertz CT molecular complexity index is 1800. The van der Waals surface area contributed by atoms with Crippen LogP contribution in [0.15, 0.2) is 24.3 Å². The fraction of sp³-hybridized carbons (Fsp3) is 0.514. The lowest BCUT2D eigenvalue weighted by atomic mass is 9.98. The zero-order valence-electron chi connectivity index (χ0n) is 28.6. The van der Waals surface area contributed by atoms with Crippen molar-refractivity contribution >= 4 is 27.5 Å². The predicted molar refractivity (Wildman–Crippen MR) is 180 cm³/mol. The molecule has 0 amide bonds. The molecule has 15 heteroatoms. The summed E-state index contributed by atoms with van der Waals surface area (Å²) in [4.78, 5) is 17.0. The molecular formula is C35H43F4N5O6. The van der Waals surface area contributed by atoms with Crippen molar-refractivity contribution in [1.29, 1.82) is 0 Å². The molecule has 3 aliphatic heterocycles. The molecule has 7 rings (SSSR count). The largest absolute Gasteiger partial charge is 0.508 e. The number of benzene rings is 2. The molecule has 2 aromatic heterocycles. The van der Waals surface area contributed by atoms with E-state index in [0.29, 0.717) is 24.9 Å². The minimum absolute atomic E-state index is 0.0246. The van der Waals surface area contributed by atoms with Crippen molar-refractivity contribution in [3.63, 3.8) is 0 Å². The van der Waals surface area contributed by atoms with E-state index in [1.807, 2.05) is 18.7 Å². The first kappa shape index (κ1) is 37.1. The van der Waals surface area contributed by atoms with E-state index in [0.717, 1.165) is 50.8 Å². The number of aliphatic hydroxyl groups is 2. The summed E-state index contributed by atoms with van der Waals surface area (Å²) < 4.78 is 72.7. The van der Waals surface area contributed by atoms with Crippen LogP contribution in [-0.2, 0) is 0 Å². The van der Waals surface area contributed by atoms with Gasteiger partial charge in [0.05, 0.1) is 7.11 Å². The number of ether oxygens (including phenoxy) is 3. The summed E-state index contributed by atoms with van der Waals surface area (Å²) in [5, 5.41) is 28.7. The minimum atomic E-state index is -4.25. The number of alkyl halides is 2. The van der Waals surface area contributed by atoms with Crippen molar-refractivity contribution < 1.29 is 47.1 Å². The van der Waals surface area contributed by atoms with E-state index in [1.54, 1.807) is 0 Å².